The molecule has 0 saturated heterocycles. The first-order valence-corrected chi connectivity index (χ1v) is 5.60. The van der Waals surface area contributed by atoms with Gasteiger partial charge in [-0.2, -0.15) is 0 Å². The van der Waals surface area contributed by atoms with Gasteiger partial charge in [-0.1, -0.05) is 56.3 Å². The minimum atomic E-state index is -0.460. The Balaban J connectivity index is 2.39. The van der Waals surface area contributed by atoms with E-state index in [4.69, 9.17) is 0 Å². The predicted molar refractivity (Wildman–Crippen MR) is 64.6 cm³/mol. The number of benzene rings is 1. The Morgan fingerprint density at radius 2 is 1.87 bits per heavy atom. The van der Waals surface area contributed by atoms with Crippen LogP contribution in [-0.2, 0) is 0 Å². The lowest BCUT2D eigenvalue weighted by molar-refractivity contribution is 0.228. The zero-order valence-corrected chi connectivity index (χ0v) is 9.56. The quantitative estimate of drug-likeness (QED) is 0.725. The van der Waals surface area contributed by atoms with Crippen molar-refractivity contribution in [2.75, 3.05) is 0 Å². The summed E-state index contributed by atoms with van der Waals surface area (Å²) in [6.45, 7) is 4.42. The molecular formula is C14H20O. The summed E-state index contributed by atoms with van der Waals surface area (Å²) in [6.07, 6.45) is 5.70. The Kier molecular flexibility index (Phi) is 5.13. The van der Waals surface area contributed by atoms with E-state index in [1.54, 1.807) is 0 Å². The van der Waals surface area contributed by atoms with Crippen LogP contribution in [0.25, 0.3) is 0 Å². The SMILES string of the molecule is CC(C)CC/C=C/C(O)c1ccccc1. The van der Waals surface area contributed by atoms with Crippen LogP contribution >= 0.6 is 0 Å². The molecule has 0 aliphatic carbocycles. The second-order valence-electron chi connectivity index (χ2n) is 4.25. The van der Waals surface area contributed by atoms with Gasteiger partial charge >= 0.3 is 0 Å². The van der Waals surface area contributed by atoms with Crippen LogP contribution in [0.2, 0.25) is 0 Å². The van der Waals surface area contributed by atoms with Crippen molar-refractivity contribution in [2.45, 2.75) is 32.8 Å². The van der Waals surface area contributed by atoms with Crippen molar-refractivity contribution < 1.29 is 5.11 Å². The highest BCUT2D eigenvalue weighted by Gasteiger charge is 2.00. The largest absolute Gasteiger partial charge is 0.384 e. The van der Waals surface area contributed by atoms with Crippen molar-refractivity contribution in [3.8, 4) is 0 Å². The van der Waals surface area contributed by atoms with Gasteiger partial charge in [0, 0.05) is 0 Å². The fourth-order valence-corrected chi connectivity index (χ4v) is 1.42. The van der Waals surface area contributed by atoms with Crippen LogP contribution in [0.5, 0.6) is 0 Å². The molecule has 0 spiro atoms. The van der Waals surface area contributed by atoms with Gasteiger partial charge in [0.25, 0.3) is 0 Å². The van der Waals surface area contributed by atoms with E-state index in [1.807, 2.05) is 36.4 Å². The molecule has 15 heavy (non-hydrogen) atoms. The summed E-state index contributed by atoms with van der Waals surface area (Å²) in [5.74, 6) is 0.725. The highest BCUT2D eigenvalue weighted by Crippen LogP contribution is 2.14. The summed E-state index contributed by atoms with van der Waals surface area (Å²) < 4.78 is 0. The molecule has 0 radical (unpaired) electrons. The molecule has 1 rings (SSSR count). The van der Waals surface area contributed by atoms with Crippen LogP contribution in [0.1, 0.15) is 38.4 Å². The Morgan fingerprint density at radius 1 is 1.20 bits per heavy atom. The molecule has 82 valence electrons. The predicted octanol–water partition coefficient (Wildman–Crippen LogP) is 3.71. The molecule has 1 nitrogen and oxygen atoms in total. The number of hydrogen-bond acceptors (Lipinski definition) is 1. The molecule has 1 aromatic rings. The van der Waals surface area contributed by atoms with Crippen molar-refractivity contribution in [1.29, 1.82) is 0 Å². The number of aliphatic hydroxyl groups excluding tert-OH is 1. The van der Waals surface area contributed by atoms with Gasteiger partial charge in [0.2, 0.25) is 0 Å². The van der Waals surface area contributed by atoms with Gasteiger partial charge in [-0.25, -0.2) is 0 Å². The minimum absolute atomic E-state index is 0.460. The van der Waals surface area contributed by atoms with Gasteiger partial charge in [-0.05, 0) is 24.3 Å². The third-order valence-electron chi connectivity index (χ3n) is 2.37. The first-order valence-electron chi connectivity index (χ1n) is 5.60. The smallest absolute Gasteiger partial charge is 0.0971 e. The number of aliphatic hydroxyl groups is 1. The fraction of sp³-hybridized carbons (Fsp3) is 0.429. The molecule has 0 heterocycles. The highest BCUT2D eigenvalue weighted by atomic mass is 16.3. The summed E-state index contributed by atoms with van der Waals surface area (Å²) >= 11 is 0. The van der Waals surface area contributed by atoms with E-state index in [2.05, 4.69) is 19.9 Å². The Labute approximate surface area is 92.5 Å². The van der Waals surface area contributed by atoms with E-state index in [9.17, 15) is 5.11 Å². The topological polar surface area (TPSA) is 20.2 Å². The maximum atomic E-state index is 9.80. The Bertz CT molecular complexity index is 287. The zero-order valence-electron chi connectivity index (χ0n) is 9.56. The van der Waals surface area contributed by atoms with Gasteiger partial charge < -0.3 is 5.11 Å². The molecule has 0 saturated carbocycles. The lowest BCUT2D eigenvalue weighted by atomic mass is 10.1. The van der Waals surface area contributed by atoms with Crippen molar-refractivity contribution in [2.24, 2.45) is 5.92 Å². The molecule has 0 aliphatic heterocycles. The standard InChI is InChI=1S/C14H20O/c1-12(2)8-6-7-11-14(15)13-9-4-3-5-10-13/h3-5,7,9-12,14-15H,6,8H2,1-2H3/b11-7+. The monoisotopic (exact) mass is 204 g/mol. The molecule has 1 N–H and O–H groups in total. The number of rotatable bonds is 5. The Morgan fingerprint density at radius 3 is 2.47 bits per heavy atom. The molecule has 1 aromatic carbocycles. The van der Waals surface area contributed by atoms with E-state index in [0.717, 1.165) is 17.9 Å². The van der Waals surface area contributed by atoms with Crippen molar-refractivity contribution >= 4 is 0 Å². The Hall–Kier alpha value is -1.08. The zero-order chi connectivity index (χ0) is 11.1. The van der Waals surface area contributed by atoms with Crippen molar-refractivity contribution in [3.05, 3.63) is 48.0 Å². The van der Waals surface area contributed by atoms with E-state index in [1.165, 1.54) is 6.42 Å². The summed E-state index contributed by atoms with van der Waals surface area (Å²) in [4.78, 5) is 0. The molecule has 0 fully saturated rings. The van der Waals surface area contributed by atoms with Gasteiger partial charge in [-0.15, -0.1) is 0 Å². The molecular weight excluding hydrogens is 184 g/mol. The molecule has 0 aromatic heterocycles. The third kappa shape index (κ3) is 4.80. The van der Waals surface area contributed by atoms with Crippen LogP contribution in [0.4, 0.5) is 0 Å². The molecule has 0 bridgehead atoms. The van der Waals surface area contributed by atoms with Crippen molar-refractivity contribution in [3.63, 3.8) is 0 Å². The highest BCUT2D eigenvalue weighted by molar-refractivity contribution is 5.20. The summed E-state index contributed by atoms with van der Waals surface area (Å²) in [5.41, 5.74) is 0.957. The van der Waals surface area contributed by atoms with Crippen molar-refractivity contribution in [1.82, 2.24) is 0 Å². The molecule has 1 unspecified atom stereocenters. The van der Waals surface area contributed by atoms with Crippen LogP contribution < -0.4 is 0 Å². The van der Waals surface area contributed by atoms with E-state index < -0.39 is 6.10 Å². The summed E-state index contributed by atoms with van der Waals surface area (Å²) in [5, 5.41) is 9.80. The summed E-state index contributed by atoms with van der Waals surface area (Å²) in [7, 11) is 0. The van der Waals surface area contributed by atoms with Gasteiger partial charge in [0.1, 0.15) is 0 Å². The van der Waals surface area contributed by atoms with Crippen LogP contribution in [0.3, 0.4) is 0 Å². The van der Waals surface area contributed by atoms with Gasteiger partial charge in [-0.3, -0.25) is 0 Å². The van der Waals surface area contributed by atoms with Crippen LogP contribution in [-0.4, -0.2) is 5.11 Å². The normalized spacial score (nSPS) is 13.6. The molecule has 0 aliphatic rings. The minimum Gasteiger partial charge on any atom is -0.384 e. The lowest BCUT2D eigenvalue weighted by Gasteiger charge is -2.05. The first-order chi connectivity index (χ1) is 7.20. The van der Waals surface area contributed by atoms with Gasteiger partial charge in [0.15, 0.2) is 0 Å². The second-order valence-corrected chi connectivity index (χ2v) is 4.25. The maximum absolute atomic E-state index is 9.80. The van der Waals surface area contributed by atoms with E-state index in [-0.39, 0.29) is 0 Å². The average molecular weight is 204 g/mol. The molecule has 1 heteroatoms. The maximum Gasteiger partial charge on any atom is 0.0971 e. The molecule has 1 atom stereocenters. The summed E-state index contributed by atoms with van der Waals surface area (Å²) in [6, 6.07) is 9.73. The number of hydrogen-bond donors (Lipinski definition) is 1. The average Bonchev–Trinajstić information content (AvgIpc) is 2.25. The first kappa shape index (κ1) is 12.0. The van der Waals surface area contributed by atoms with Gasteiger partial charge in [0.05, 0.1) is 6.10 Å². The van der Waals surface area contributed by atoms with Crippen LogP contribution in [0, 0.1) is 5.92 Å². The second kappa shape index (κ2) is 6.41. The van der Waals surface area contributed by atoms with Crippen LogP contribution in [0.15, 0.2) is 42.5 Å². The van der Waals surface area contributed by atoms with E-state index in [0.29, 0.717) is 0 Å². The van der Waals surface area contributed by atoms with E-state index >= 15 is 0 Å². The third-order valence-corrected chi connectivity index (χ3v) is 2.37. The fourth-order valence-electron chi connectivity index (χ4n) is 1.42. The number of allylic oxidation sites excluding steroid dienone is 1. The lowest BCUT2D eigenvalue weighted by Crippen LogP contribution is -1.92. The molecule has 0 amide bonds.